The molecule has 19 heavy (non-hydrogen) atoms. The van der Waals surface area contributed by atoms with Crippen LogP contribution in [-0.2, 0) is 11.3 Å². The first kappa shape index (κ1) is 17.8. The van der Waals surface area contributed by atoms with Gasteiger partial charge in [-0.25, -0.2) is 0 Å². The zero-order valence-electron chi connectivity index (χ0n) is 12.3. The summed E-state index contributed by atoms with van der Waals surface area (Å²) in [5.41, 5.74) is 0.830. The lowest BCUT2D eigenvalue weighted by molar-refractivity contribution is -0.139. The molecule has 0 aliphatic carbocycles. The molecule has 0 amide bonds. The van der Waals surface area contributed by atoms with Crippen molar-refractivity contribution in [3.05, 3.63) is 34.2 Å². The van der Waals surface area contributed by atoms with Crippen LogP contribution >= 0.6 is 11.8 Å². The first-order valence-electron chi connectivity index (χ1n) is 6.35. The molecule has 0 aliphatic heterocycles. The number of carbonyl (C=O) groups is 1. The molecule has 0 aromatic carbocycles. The normalized spacial score (nSPS) is 13.1. The second kappa shape index (κ2) is 8.04. The van der Waals surface area contributed by atoms with Gasteiger partial charge in [0.2, 0.25) is 0 Å². The van der Waals surface area contributed by atoms with Crippen LogP contribution in [0.25, 0.3) is 0 Å². The van der Waals surface area contributed by atoms with Crippen LogP contribution in [0.1, 0.15) is 32.8 Å². The van der Waals surface area contributed by atoms with E-state index in [4.69, 9.17) is 5.11 Å². The van der Waals surface area contributed by atoms with Crippen LogP contribution < -0.4 is 5.56 Å². The van der Waals surface area contributed by atoms with Gasteiger partial charge >= 0.3 is 5.97 Å². The average molecular weight is 285 g/mol. The Hall–Kier alpha value is -1.23. The van der Waals surface area contributed by atoms with Crippen LogP contribution in [0.4, 0.5) is 0 Å². The van der Waals surface area contributed by atoms with E-state index in [0.717, 1.165) is 5.56 Å². The van der Waals surface area contributed by atoms with Crippen molar-refractivity contribution in [1.82, 2.24) is 4.57 Å². The summed E-state index contributed by atoms with van der Waals surface area (Å²) in [6.07, 6.45) is 3.90. The lowest BCUT2D eigenvalue weighted by Crippen LogP contribution is -2.34. The van der Waals surface area contributed by atoms with Crippen molar-refractivity contribution in [3.63, 3.8) is 0 Å². The van der Waals surface area contributed by atoms with Crippen LogP contribution in [0.15, 0.2) is 23.1 Å². The largest absolute Gasteiger partial charge is 0.480 e. The Balaban J connectivity index is 0.00000154. The van der Waals surface area contributed by atoms with Gasteiger partial charge in [-0.2, -0.15) is 0 Å². The highest BCUT2D eigenvalue weighted by Gasteiger charge is 2.31. The van der Waals surface area contributed by atoms with Crippen molar-refractivity contribution in [2.45, 2.75) is 45.4 Å². The number of hydrogen-bond acceptors (Lipinski definition) is 3. The van der Waals surface area contributed by atoms with Crippen LogP contribution in [-0.4, -0.2) is 26.6 Å². The number of hydrogen-bond donors (Lipinski definition) is 1. The van der Waals surface area contributed by atoms with Crippen LogP contribution in [0.2, 0.25) is 0 Å². The lowest BCUT2D eigenvalue weighted by atomic mass is 10.1. The topological polar surface area (TPSA) is 59.3 Å². The van der Waals surface area contributed by atoms with Crippen molar-refractivity contribution in [1.29, 1.82) is 0 Å². The highest BCUT2D eigenvalue weighted by molar-refractivity contribution is 8.00. The molecule has 4 nitrogen and oxygen atoms in total. The van der Waals surface area contributed by atoms with Gasteiger partial charge in [-0.1, -0.05) is 13.8 Å². The molecule has 1 aromatic rings. The Labute approximate surface area is 118 Å². The molecule has 0 spiro atoms. The van der Waals surface area contributed by atoms with E-state index in [0.29, 0.717) is 13.0 Å². The second-order valence-corrected chi connectivity index (χ2v) is 5.54. The zero-order valence-corrected chi connectivity index (χ0v) is 13.1. The van der Waals surface area contributed by atoms with Crippen molar-refractivity contribution in [2.24, 2.45) is 0 Å². The summed E-state index contributed by atoms with van der Waals surface area (Å²) in [5.74, 6) is -0.842. The van der Waals surface area contributed by atoms with Crippen LogP contribution in [0, 0.1) is 6.92 Å². The van der Waals surface area contributed by atoms with E-state index in [9.17, 15) is 9.59 Å². The number of aromatic nitrogens is 1. The summed E-state index contributed by atoms with van der Waals surface area (Å²) in [4.78, 5) is 22.7. The van der Waals surface area contributed by atoms with E-state index in [-0.39, 0.29) is 5.56 Å². The Morgan fingerprint density at radius 1 is 1.47 bits per heavy atom. The molecule has 5 heteroatoms. The molecule has 1 rings (SSSR count). The molecule has 1 N–H and O–H groups in total. The maximum absolute atomic E-state index is 11.6. The van der Waals surface area contributed by atoms with Crippen LogP contribution in [0.3, 0.4) is 0 Å². The first-order chi connectivity index (χ1) is 8.89. The molecule has 108 valence electrons. The summed E-state index contributed by atoms with van der Waals surface area (Å²) in [6, 6.07) is 3.40. The van der Waals surface area contributed by atoms with Gasteiger partial charge in [0, 0.05) is 18.8 Å². The third kappa shape index (κ3) is 5.11. The van der Waals surface area contributed by atoms with Gasteiger partial charge < -0.3 is 9.67 Å². The fourth-order valence-corrected chi connectivity index (χ4v) is 1.89. The fourth-order valence-electron chi connectivity index (χ4n) is 1.42. The maximum Gasteiger partial charge on any atom is 0.319 e. The first-order valence-corrected chi connectivity index (χ1v) is 7.57. The van der Waals surface area contributed by atoms with Crippen LogP contribution in [0.5, 0.6) is 0 Å². The Kier molecular flexibility index (Phi) is 7.52. The zero-order chi connectivity index (χ0) is 15.1. The van der Waals surface area contributed by atoms with E-state index in [1.54, 1.807) is 30.0 Å². The Morgan fingerprint density at radius 2 is 2.05 bits per heavy atom. The Morgan fingerprint density at radius 3 is 2.47 bits per heavy atom. The third-order valence-electron chi connectivity index (χ3n) is 2.88. The molecule has 0 radical (unpaired) electrons. The van der Waals surface area contributed by atoms with Crippen molar-refractivity contribution >= 4 is 17.7 Å². The molecule has 1 unspecified atom stereocenters. The van der Waals surface area contributed by atoms with E-state index in [1.165, 1.54) is 11.8 Å². The van der Waals surface area contributed by atoms with Gasteiger partial charge in [-0.05, 0) is 38.2 Å². The van der Waals surface area contributed by atoms with Gasteiger partial charge in [0.05, 0.1) is 0 Å². The number of carboxylic acids is 1. The third-order valence-corrected chi connectivity index (χ3v) is 4.16. The molecular formula is C14H23NO3S. The number of pyridine rings is 1. The van der Waals surface area contributed by atoms with Crippen molar-refractivity contribution in [2.75, 3.05) is 6.26 Å². The Bertz CT molecular complexity index is 470. The summed E-state index contributed by atoms with van der Waals surface area (Å²) >= 11 is 1.29. The highest BCUT2D eigenvalue weighted by atomic mass is 32.2. The molecule has 0 saturated heterocycles. The minimum atomic E-state index is -0.843. The van der Waals surface area contributed by atoms with Gasteiger partial charge in [0.25, 0.3) is 5.56 Å². The number of nitrogens with zero attached hydrogens (tertiary/aromatic N) is 1. The molecule has 0 saturated carbocycles. The van der Waals surface area contributed by atoms with Gasteiger partial charge in [-0.15, -0.1) is 11.8 Å². The van der Waals surface area contributed by atoms with E-state index < -0.39 is 10.7 Å². The number of rotatable bonds is 5. The summed E-state index contributed by atoms with van der Waals surface area (Å²) < 4.78 is 0.703. The predicted molar refractivity (Wildman–Crippen MR) is 81.0 cm³/mol. The number of thioether (sulfide) groups is 1. The van der Waals surface area contributed by atoms with Gasteiger partial charge in [0.15, 0.2) is 0 Å². The molecule has 1 heterocycles. The van der Waals surface area contributed by atoms with Crippen molar-refractivity contribution < 1.29 is 9.90 Å². The van der Waals surface area contributed by atoms with Gasteiger partial charge in [0.1, 0.15) is 4.75 Å². The lowest BCUT2D eigenvalue weighted by Gasteiger charge is -2.22. The molecule has 0 fully saturated rings. The minimum absolute atomic E-state index is 0.0844. The highest BCUT2D eigenvalue weighted by Crippen LogP contribution is 2.26. The molecule has 0 aliphatic rings. The van der Waals surface area contributed by atoms with Gasteiger partial charge in [-0.3, -0.25) is 9.59 Å². The summed E-state index contributed by atoms with van der Waals surface area (Å²) in [6.45, 7) is 7.96. The van der Waals surface area contributed by atoms with E-state index in [1.807, 2.05) is 26.8 Å². The monoisotopic (exact) mass is 285 g/mol. The smallest absolute Gasteiger partial charge is 0.319 e. The predicted octanol–water partition coefficient (Wildman–Crippen LogP) is 2.78. The summed E-state index contributed by atoms with van der Waals surface area (Å²) in [5, 5.41) is 9.12. The fraction of sp³-hybridized carbons (Fsp3) is 0.571. The molecular weight excluding hydrogens is 262 g/mol. The number of aliphatic carboxylic acids is 1. The molecule has 1 aromatic heterocycles. The van der Waals surface area contributed by atoms with Crippen molar-refractivity contribution in [3.8, 4) is 0 Å². The number of aryl methyl sites for hydroxylation is 2. The second-order valence-electron chi connectivity index (χ2n) is 4.23. The summed E-state index contributed by atoms with van der Waals surface area (Å²) in [7, 11) is 0. The molecule has 0 bridgehead atoms. The average Bonchev–Trinajstić information content (AvgIpc) is 2.39. The standard InChI is InChI=1S/C12H17NO3S.C2H6/c1-9-4-6-13(10(14)8-9)7-5-12(2,17-3)11(15)16;1-2/h4,6,8H,5,7H2,1-3H3,(H,15,16);1-2H3. The maximum atomic E-state index is 11.6. The molecule has 1 atom stereocenters. The SMILES string of the molecule is CC.CSC(C)(CCn1ccc(C)cc1=O)C(=O)O. The quantitative estimate of drug-likeness (QED) is 0.903. The van der Waals surface area contributed by atoms with E-state index in [2.05, 4.69) is 0 Å². The van der Waals surface area contributed by atoms with E-state index >= 15 is 0 Å². The minimum Gasteiger partial charge on any atom is -0.480 e. The number of carboxylic acid groups (broad SMARTS) is 1.